The highest BCUT2D eigenvalue weighted by Gasteiger charge is 2.39. The van der Waals surface area contributed by atoms with Crippen molar-refractivity contribution in [3.8, 4) is 0 Å². The van der Waals surface area contributed by atoms with Gasteiger partial charge in [-0.25, -0.2) is 18.0 Å². The molecular formula is C21H21N4O9S2. The lowest BCUT2D eigenvalue weighted by molar-refractivity contribution is -0.384. The number of aromatic carboxylic acids is 1. The summed E-state index contributed by atoms with van der Waals surface area (Å²) in [7, 11) is -3.72. The summed E-state index contributed by atoms with van der Waals surface area (Å²) in [5.74, 6) is -2.01. The van der Waals surface area contributed by atoms with Crippen molar-refractivity contribution in [3.63, 3.8) is 0 Å². The molecule has 2 aromatic carbocycles. The summed E-state index contributed by atoms with van der Waals surface area (Å²) in [4.78, 5) is 48.4. The first-order chi connectivity index (χ1) is 16.8. The number of carbonyl (C=O) groups is 3. The van der Waals surface area contributed by atoms with Crippen LogP contribution in [0.5, 0.6) is 0 Å². The van der Waals surface area contributed by atoms with Gasteiger partial charge in [0.25, 0.3) is 5.69 Å². The zero-order valence-electron chi connectivity index (χ0n) is 18.7. The maximum atomic E-state index is 13.0. The van der Waals surface area contributed by atoms with Gasteiger partial charge in [-0.15, -0.1) is 0 Å². The first-order valence-electron chi connectivity index (χ1n) is 10.3. The van der Waals surface area contributed by atoms with Gasteiger partial charge in [-0.1, -0.05) is 12.6 Å². The molecule has 1 saturated heterocycles. The zero-order chi connectivity index (χ0) is 26.6. The Morgan fingerprint density at radius 1 is 1.19 bits per heavy atom. The van der Waals surface area contributed by atoms with E-state index in [-0.39, 0.29) is 42.2 Å². The molecule has 2 amide bonds. The molecule has 0 aliphatic carbocycles. The molecule has 1 aliphatic rings. The predicted octanol–water partition coefficient (Wildman–Crippen LogP) is 2.58. The Hall–Kier alpha value is -3.85. The number of nitrogens with one attached hydrogen (secondary N) is 2. The van der Waals surface area contributed by atoms with Gasteiger partial charge in [-0.05, 0) is 42.3 Å². The number of rotatable bonds is 8. The summed E-state index contributed by atoms with van der Waals surface area (Å²) in [6.07, 6.45) is 0.210. The third-order valence-corrected chi connectivity index (χ3v) is 6.01. The molecule has 0 aromatic heterocycles. The highest BCUT2D eigenvalue weighted by Crippen LogP contribution is 2.26. The molecule has 13 nitrogen and oxygen atoms in total. The van der Waals surface area contributed by atoms with E-state index in [4.69, 9.17) is 17.4 Å². The Morgan fingerprint density at radius 3 is 2.42 bits per heavy atom. The van der Waals surface area contributed by atoms with Crippen molar-refractivity contribution in [2.75, 3.05) is 22.8 Å². The molecule has 3 N–H and O–H groups in total. The van der Waals surface area contributed by atoms with Crippen molar-refractivity contribution in [1.29, 1.82) is 0 Å². The standard InChI is InChI=1S/C21H21N4O9S2/c1-36(32,33)23-15-7-13(20(27)28)6-14(8-15)22-19(26)18-9-17(35)10-24(18)21(29)34-11-12-2-4-16(5-3-12)25(30)31/h2-8,17-18,23H,9-11H2,1H3,(H,22,26)(H,27,28)/t17-,18-/m0/s1. The maximum Gasteiger partial charge on any atom is 0.410 e. The molecule has 3 rings (SSSR count). The van der Waals surface area contributed by atoms with Crippen LogP contribution in [0.4, 0.5) is 21.9 Å². The van der Waals surface area contributed by atoms with Crippen molar-refractivity contribution in [2.45, 2.75) is 24.3 Å². The van der Waals surface area contributed by atoms with Crippen LogP contribution in [0.3, 0.4) is 0 Å². The number of nitro benzene ring substituents is 1. The number of carboxylic acids is 1. The fourth-order valence-electron chi connectivity index (χ4n) is 3.51. The number of carbonyl (C=O) groups excluding carboxylic acids is 2. The average Bonchev–Trinajstić information content (AvgIpc) is 3.18. The molecule has 1 fully saturated rings. The second-order valence-electron chi connectivity index (χ2n) is 7.97. The van der Waals surface area contributed by atoms with E-state index in [0.29, 0.717) is 5.56 Å². The molecule has 0 unspecified atom stereocenters. The van der Waals surface area contributed by atoms with E-state index < -0.39 is 44.2 Å². The molecule has 0 saturated carbocycles. The summed E-state index contributed by atoms with van der Waals surface area (Å²) < 4.78 is 30.5. The number of sulfonamides is 1. The van der Waals surface area contributed by atoms with E-state index in [1.54, 1.807) is 0 Å². The van der Waals surface area contributed by atoms with E-state index >= 15 is 0 Å². The minimum atomic E-state index is -3.72. The molecule has 2 aromatic rings. The topological polar surface area (TPSA) is 185 Å². The van der Waals surface area contributed by atoms with E-state index in [1.165, 1.54) is 30.3 Å². The van der Waals surface area contributed by atoms with Crippen molar-refractivity contribution < 1.29 is 37.6 Å². The highest BCUT2D eigenvalue weighted by atomic mass is 32.2. The minimum Gasteiger partial charge on any atom is -0.478 e. The minimum absolute atomic E-state index is 0.00179. The lowest BCUT2D eigenvalue weighted by Gasteiger charge is -2.23. The fraction of sp³-hybridized carbons (Fsp3) is 0.286. The Bertz CT molecular complexity index is 1300. The number of nitrogens with zero attached hydrogens (tertiary/aromatic N) is 2. The smallest absolute Gasteiger partial charge is 0.410 e. The first-order valence-corrected chi connectivity index (χ1v) is 12.7. The molecule has 1 aliphatic heterocycles. The van der Waals surface area contributed by atoms with Crippen LogP contribution in [0.2, 0.25) is 0 Å². The summed E-state index contributed by atoms with van der Waals surface area (Å²) in [6.45, 7) is -0.131. The molecule has 0 bridgehead atoms. The number of hydrogen-bond acceptors (Lipinski definition) is 8. The number of carboxylic acid groups (broad SMARTS) is 1. The monoisotopic (exact) mass is 537 g/mol. The highest BCUT2D eigenvalue weighted by molar-refractivity contribution is 7.92. The van der Waals surface area contributed by atoms with Gasteiger partial charge in [0.05, 0.1) is 22.4 Å². The summed E-state index contributed by atoms with van der Waals surface area (Å²) in [5.41, 5.74) is 0.0428. The number of nitro groups is 1. The summed E-state index contributed by atoms with van der Waals surface area (Å²) in [6, 6.07) is 7.87. The van der Waals surface area contributed by atoms with Gasteiger partial charge in [0.1, 0.15) is 12.6 Å². The molecule has 36 heavy (non-hydrogen) atoms. The molecule has 191 valence electrons. The van der Waals surface area contributed by atoms with Crippen LogP contribution in [0.1, 0.15) is 22.3 Å². The normalized spacial score (nSPS) is 17.3. The molecule has 0 spiro atoms. The first kappa shape index (κ1) is 26.7. The molecule has 15 heteroatoms. The van der Waals surface area contributed by atoms with Gasteiger partial charge in [-0.3, -0.25) is 24.5 Å². The SMILES string of the molecule is CS(=O)(=O)Nc1cc(NC(=O)[C@@H]2C[C@H]([S])CN2C(=O)OCc2ccc([N+](=O)[O-])cc2)cc(C(=O)O)c1. The number of anilines is 2. The Balaban J connectivity index is 1.72. The van der Waals surface area contributed by atoms with Crippen LogP contribution in [0.25, 0.3) is 0 Å². The Morgan fingerprint density at radius 2 is 1.83 bits per heavy atom. The van der Waals surface area contributed by atoms with Crippen molar-refractivity contribution in [1.82, 2.24) is 4.90 Å². The summed E-state index contributed by atoms with van der Waals surface area (Å²) >= 11 is 5.26. The van der Waals surface area contributed by atoms with Crippen LogP contribution >= 0.6 is 12.6 Å². The van der Waals surface area contributed by atoms with Gasteiger partial charge in [-0.2, -0.15) is 0 Å². The van der Waals surface area contributed by atoms with E-state index in [1.807, 2.05) is 0 Å². The number of likely N-dealkylation sites (tertiary alicyclic amines) is 1. The number of non-ortho nitro benzene ring substituents is 1. The zero-order valence-corrected chi connectivity index (χ0v) is 20.4. The maximum absolute atomic E-state index is 13.0. The van der Waals surface area contributed by atoms with Crippen LogP contribution in [-0.2, 0) is 26.2 Å². The number of ether oxygens (including phenoxy) is 1. The largest absolute Gasteiger partial charge is 0.478 e. The number of hydrogen-bond donors (Lipinski definition) is 3. The summed E-state index contributed by atoms with van der Waals surface area (Å²) in [5, 5.41) is 22.1. The van der Waals surface area contributed by atoms with Gasteiger partial charge >= 0.3 is 12.1 Å². The molecule has 2 atom stereocenters. The van der Waals surface area contributed by atoms with E-state index in [2.05, 4.69) is 10.0 Å². The Kier molecular flexibility index (Phi) is 8.04. The van der Waals surface area contributed by atoms with Crippen molar-refractivity contribution >= 4 is 57.7 Å². The quantitative estimate of drug-likeness (QED) is 0.336. The second-order valence-corrected chi connectivity index (χ2v) is 10.4. The third-order valence-electron chi connectivity index (χ3n) is 5.06. The lowest BCUT2D eigenvalue weighted by atomic mass is 10.1. The van der Waals surface area contributed by atoms with Crippen molar-refractivity contribution in [3.05, 3.63) is 63.7 Å². The fourth-order valence-corrected chi connectivity index (χ4v) is 4.40. The Labute approximate surface area is 211 Å². The average molecular weight is 538 g/mol. The van der Waals surface area contributed by atoms with Gasteiger partial charge in [0, 0.05) is 29.6 Å². The van der Waals surface area contributed by atoms with Crippen molar-refractivity contribution in [2.24, 2.45) is 0 Å². The lowest BCUT2D eigenvalue weighted by Crippen LogP contribution is -2.43. The predicted molar refractivity (Wildman–Crippen MR) is 130 cm³/mol. The molecule has 1 heterocycles. The van der Waals surface area contributed by atoms with Gasteiger partial charge in [0.2, 0.25) is 15.9 Å². The van der Waals surface area contributed by atoms with Gasteiger partial charge in [0.15, 0.2) is 0 Å². The van der Waals surface area contributed by atoms with Crippen LogP contribution in [0.15, 0.2) is 42.5 Å². The molecule has 1 radical (unpaired) electrons. The third kappa shape index (κ3) is 7.08. The second kappa shape index (κ2) is 10.8. The van der Waals surface area contributed by atoms with E-state index in [0.717, 1.165) is 23.3 Å². The van der Waals surface area contributed by atoms with Gasteiger partial charge < -0.3 is 15.2 Å². The van der Waals surface area contributed by atoms with Crippen LogP contribution in [-0.4, -0.2) is 65.4 Å². The van der Waals surface area contributed by atoms with Crippen LogP contribution < -0.4 is 10.0 Å². The molecular weight excluding hydrogens is 516 g/mol. The van der Waals surface area contributed by atoms with Crippen LogP contribution in [0, 0.1) is 10.1 Å². The van der Waals surface area contributed by atoms with E-state index in [9.17, 15) is 38.0 Å². The number of amides is 2. The number of benzene rings is 2.